The summed E-state index contributed by atoms with van der Waals surface area (Å²) in [5.74, 6) is 0.239. The summed E-state index contributed by atoms with van der Waals surface area (Å²) >= 11 is 0. The number of halogens is 1. The van der Waals surface area contributed by atoms with Gasteiger partial charge < -0.3 is 12.4 Å². The SMILES string of the molecule is CC(C)N(C(C)C)C1C=CS(=O)(=O)C1.[Cl-]. The molecule has 0 aromatic rings. The summed E-state index contributed by atoms with van der Waals surface area (Å²) in [7, 11) is -2.93. The maximum Gasteiger partial charge on any atom is 0.173 e. The Bertz CT molecular complexity index is 314. The van der Waals surface area contributed by atoms with Gasteiger partial charge in [-0.15, -0.1) is 0 Å². The molecule has 0 fully saturated rings. The molecule has 0 amide bonds. The van der Waals surface area contributed by atoms with Crippen molar-refractivity contribution in [1.29, 1.82) is 0 Å². The lowest BCUT2D eigenvalue weighted by Gasteiger charge is -2.34. The summed E-state index contributed by atoms with van der Waals surface area (Å²) in [5.41, 5.74) is 0. The fourth-order valence-electron chi connectivity index (χ4n) is 2.11. The Hall–Kier alpha value is -0.0600. The van der Waals surface area contributed by atoms with Crippen molar-refractivity contribution < 1.29 is 20.8 Å². The quantitative estimate of drug-likeness (QED) is 0.609. The van der Waals surface area contributed by atoms with E-state index >= 15 is 0 Å². The summed E-state index contributed by atoms with van der Waals surface area (Å²) < 4.78 is 22.6. The molecule has 1 heterocycles. The molecule has 15 heavy (non-hydrogen) atoms. The van der Waals surface area contributed by atoms with Crippen LogP contribution in [0.5, 0.6) is 0 Å². The predicted molar refractivity (Wildman–Crippen MR) is 58.8 cm³/mol. The first-order valence-electron chi connectivity index (χ1n) is 5.02. The monoisotopic (exact) mass is 252 g/mol. The molecule has 5 heteroatoms. The van der Waals surface area contributed by atoms with Crippen molar-refractivity contribution in [3.63, 3.8) is 0 Å². The molecule has 0 radical (unpaired) electrons. The van der Waals surface area contributed by atoms with E-state index in [1.165, 1.54) is 5.41 Å². The van der Waals surface area contributed by atoms with E-state index in [4.69, 9.17) is 0 Å². The number of rotatable bonds is 3. The molecular formula is C10H19ClNO2S-. The summed E-state index contributed by atoms with van der Waals surface area (Å²) in [6.45, 7) is 8.38. The maximum atomic E-state index is 11.3. The zero-order chi connectivity index (χ0) is 10.9. The molecule has 1 unspecified atom stereocenters. The molecule has 1 aliphatic heterocycles. The molecule has 90 valence electrons. The van der Waals surface area contributed by atoms with Crippen molar-refractivity contribution >= 4 is 9.84 Å². The van der Waals surface area contributed by atoms with E-state index < -0.39 is 9.84 Å². The molecule has 0 saturated heterocycles. The van der Waals surface area contributed by atoms with Crippen molar-refractivity contribution in [2.24, 2.45) is 0 Å². The lowest BCUT2D eigenvalue weighted by Crippen LogP contribution is -3.00. The largest absolute Gasteiger partial charge is 1.00 e. The molecule has 0 saturated carbocycles. The van der Waals surface area contributed by atoms with Crippen molar-refractivity contribution in [2.45, 2.75) is 45.8 Å². The third kappa shape index (κ3) is 3.78. The molecule has 0 N–H and O–H groups in total. The second-order valence-electron chi connectivity index (χ2n) is 4.36. The maximum absolute atomic E-state index is 11.3. The van der Waals surface area contributed by atoms with E-state index in [-0.39, 0.29) is 24.2 Å². The normalized spacial score (nSPS) is 23.8. The van der Waals surface area contributed by atoms with Crippen molar-refractivity contribution in [3.05, 3.63) is 11.5 Å². The van der Waals surface area contributed by atoms with Gasteiger partial charge in [-0.3, -0.25) is 4.90 Å². The number of nitrogens with zero attached hydrogens (tertiary/aromatic N) is 1. The topological polar surface area (TPSA) is 37.4 Å². The van der Waals surface area contributed by atoms with Crippen LogP contribution in [0.2, 0.25) is 0 Å². The summed E-state index contributed by atoms with van der Waals surface area (Å²) in [5, 5.41) is 1.34. The van der Waals surface area contributed by atoms with Gasteiger partial charge in [-0.05, 0) is 27.7 Å². The minimum Gasteiger partial charge on any atom is -1.00 e. The molecule has 0 spiro atoms. The van der Waals surface area contributed by atoms with Crippen molar-refractivity contribution in [1.82, 2.24) is 4.90 Å². The van der Waals surface area contributed by atoms with Gasteiger partial charge in [0.1, 0.15) is 0 Å². The van der Waals surface area contributed by atoms with Crippen LogP contribution in [0.4, 0.5) is 0 Å². The summed E-state index contributed by atoms with van der Waals surface area (Å²) in [4.78, 5) is 2.22. The molecular weight excluding hydrogens is 234 g/mol. The highest BCUT2D eigenvalue weighted by atomic mass is 35.5. The average molecular weight is 253 g/mol. The van der Waals surface area contributed by atoms with Crippen LogP contribution in [0.25, 0.3) is 0 Å². The Morgan fingerprint density at radius 1 is 1.20 bits per heavy atom. The van der Waals surface area contributed by atoms with Gasteiger partial charge in [0.05, 0.1) is 5.75 Å². The Morgan fingerprint density at radius 2 is 1.67 bits per heavy atom. The minimum absolute atomic E-state index is 0. The highest BCUT2D eigenvalue weighted by Crippen LogP contribution is 2.19. The molecule has 0 aromatic heterocycles. The molecule has 0 aromatic carbocycles. The first kappa shape index (κ1) is 14.9. The number of sulfone groups is 1. The average Bonchev–Trinajstić information content (AvgIpc) is 2.28. The second kappa shape index (κ2) is 5.32. The Morgan fingerprint density at radius 3 is 1.93 bits per heavy atom. The van der Waals surface area contributed by atoms with Crippen LogP contribution in [0, 0.1) is 0 Å². The van der Waals surface area contributed by atoms with Crippen LogP contribution < -0.4 is 12.4 Å². The summed E-state index contributed by atoms with van der Waals surface area (Å²) in [6.07, 6.45) is 1.80. The smallest absolute Gasteiger partial charge is 0.173 e. The summed E-state index contributed by atoms with van der Waals surface area (Å²) in [6, 6.07) is 0.802. The van der Waals surface area contributed by atoms with Gasteiger partial charge in [0.2, 0.25) is 0 Å². The van der Waals surface area contributed by atoms with Crippen LogP contribution in [0.1, 0.15) is 27.7 Å². The minimum atomic E-state index is -2.93. The van der Waals surface area contributed by atoms with E-state index in [1.807, 2.05) is 0 Å². The van der Waals surface area contributed by atoms with E-state index in [2.05, 4.69) is 32.6 Å². The molecule has 1 atom stereocenters. The molecule has 0 bridgehead atoms. The Balaban J connectivity index is 0.00000196. The molecule has 1 rings (SSSR count). The third-order valence-corrected chi connectivity index (χ3v) is 3.86. The van der Waals surface area contributed by atoms with Crippen LogP contribution in [0.15, 0.2) is 11.5 Å². The number of hydrogen-bond donors (Lipinski definition) is 0. The van der Waals surface area contributed by atoms with Gasteiger partial charge in [0, 0.05) is 23.5 Å². The Labute approximate surface area is 98.9 Å². The van der Waals surface area contributed by atoms with Crippen LogP contribution in [0.3, 0.4) is 0 Å². The number of hydrogen-bond acceptors (Lipinski definition) is 3. The van der Waals surface area contributed by atoms with Gasteiger partial charge in [0.25, 0.3) is 0 Å². The lowest BCUT2D eigenvalue weighted by molar-refractivity contribution is -0.00000670. The highest BCUT2D eigenvalue weighted by Gasteiger charge is 2.29. The molecule has 0 aliphatic carbocycles. The van der Waals surface area contributed by atoms with Crippen molar-refractivity contribution in [2.75, 3.05) is 5.75 Å². The molecule has 1 aliphatic rings. The third-order valence-electron chi connectivity index (χ3n) is 2.49. The second-order valence-corrected chi connectivity index (χ2v) is 6.29. The predicted octanol–water partition coefficient (Wildman–Crippen LogP) is -1.58. The first-order chi connectivity index (χ1) is 6.33. The lowest BCUT2D eigenvalue weighted by atomic mass is 10.1. The zero-order valence-electron chi connectivity index (χ0n) is 9.64. The van der Waals surface area contributed by atoms with E-state index in [0.29, 0.717) is 12.1 Å². The van der Waals surface area contributed by atoms with Gasteiger partial charge in [-0.2, -0.15) is 0 Å². The highest BCUT2D eigenvalue weighted by molar-refractivity contribution is 7.94. The van der Waals surface area contributed by atoms with Gasteiger partial charge in [-0.25, -0.2) is 8.42 Å². The van der Waals surface area contributed by atoms with E-state index in [9.17, 15) is 8.42 Å². The van der Waals surface area contributed by atoms with Crippen molar-refractivity contribution in [3.8, 4) is 0 Å². The van der Waals surface area contributed by atoms with E-state index in [1.54, 1.807) is 6.08 Å². The zero-order valence-corrected chi connectivity index (χ0v) is 11.2. The Kier molecular flexibility index (Phi) is 5.30. The van der Waals surface area contributed by atoms with Gasteiger partial charge >= 0.3 is 0 Å². The van der Waals surface area contributed by atoms with Gasteiger partial charge in [0.15, 0.2) is 9.84 Å². The van der Waals surface area contributed by atoms with Gasteiger partial charge in [-0.1, -0.05) is 6.08 Å². The fourth-order valence-corrected chi connectivity index (χ4v) is 3.40. The fraction of sp³-hybridized carbons (Fsp3) is 0.800. The van der Waals surface area contributed by atoms with Crippen LogP contribution in [-0.2, 0) is 9.84 Å². The van der Waals surface area contributed by atoms with Crippen LogP contribution in [-0.4, -0.2) is 37.2 Å². The van der Waals surface area contributed by atoms with E-state index in [0.717, 1.165) is 0 Å². The first-order valence-corrected chi connectivity index (χ1v) is 6.73. The standard InChI is InChI=1S/C10H19NO2S.ClH/c1-8(2)11(9(3)4)10-5-6-14(12,13)7-10;/h5-6,8-10H,7H2,1-4H3;1H/p-1. The molecule has 3 nitrogen and oxygen atoms in total. The van der Waals surface area contributed by atoms with Crippen LogP contribution >= 0.6 is 0 Å².